The quantitative estimate of drug-likeness (QED) is 0.748. The van der Waals surface area contributed by atoms with E-state index < -0.39 is 5.54 Å². The van der Waals surface area contributed by atoms with Gasteiger partial charge in [-0.1, -0.05) is 28.8 Å². The molecule has 0 aliphatic heterocycles. The summed E-state index contributed by atoms with van der Waals surface area (Å²) in [5.41, 5.74) is 6.23. The largest absolute Gasteiger partial charge is 0.398 e. The summed E-state index contributed by atoms with van der Waals surface area (Å²) in [6, 6.07) is 5.19. The van der Waals surface area contributed by atoms with Crippen molar-refractivity contribution in [2.75, 3.05) is 12.3 Å². The van der Waals surface area contributed by atoms with E-state index in [1.165, 1.54) is 0 Å². The topological polar surface area (TPSA) is 75.4 Å². The Morgan fingerprint density at radius 1 is 1.44 bits per heavy atom. The molecule has 0 aromatic heterocycles. The van der Waals surface area contributed by atoms with E-state index in [0.29, 0.717) is 11.3 Å². The molecule has 4 N–H and O–H groups in total. The molecule has 0 atom stereocenters. The molecule has 98 valence electrons. The fourth-order valence-electron chi connectivity index (χ4n) is 2.41. The number of hydrogen-bond acceptors (Lipinski definition) is 3. The lowest BCUT2D eigenvalue weighted by atomic mass is 9.98. The fourth-order valence-corrected chi connectivity index (χ4v) is 2.77. The molecule has 0 spiro atoms. The Labute approximate surface area is 115 Å². The van der Waals surface area contributed by atoms with Gasteiger partial charge in [-0.3, -0.25) is 4.79 Å². The number of nitrogens with two attached hydrogens (primary N) is 1. The van der Waals surface area contributed by atoms with Crippen LogP contribution in [0.2, 0.25) is 0 Å². The van der Waals surface area contributed by atoms with Crippen LogP contribution in [0.1, 0.15) is 36.0 Å². The molecule has 1 aliphatic carbocycles. The normalized spacial score (nSPS) is 17.7. The number of halogens is 1. The van der Waals surface area contributed by atoms with Crippen molar-refractivity contribution < 1.29 is 9.90 Å². The standard InChI is InChI=1S/C13H17BrN2O2/c14-9-3-4-11(15)10(7-9)12(18)16-13(8-17)5-1-2-6-13/h3-4,7,17H,1-2,5-6,8,15H2,(H,16,18). The second kappa shape index (κ2) is 5.28. The second-order valence-electron chi connectivity index (χ2n) is 4.83. The molecule has 2 rings (SSSR count). The Kier molecular flexibility index (Phi) is 3.92. The van der Waals surface area contributed by atoms with E-state index >= 15 is 0 Å². The summed E-state index contributed by atoms with van der Waals surface area (Å²) in [4.78, 5) is 12.2. The molecular formula is C13H17BrN2O2. The highest BCUT2D eigenvalue weighted by atomic mass is 79.9. The zero-order valence-electron chi connectivity index (χ0n) is 10.1. The number of carbonyl (C=O) groups excluding carboxylic acids is 1. The van der Waals surface area contributed by atoms with Gasteiger partial charge in [-0.25, -0.2) is 0 Å². The van der Waals surface area contributed by atoms with Crippen LogP contribution < -0.4 is 11.1 Å². The zero-order chi connectivity index (χ0) is 13.2. The first-order chi connectivity index (χ1) is 8.56. The Balaban J connectivity index is 2.18. The molecule has 18 heavy (non-hydrogen) atoms. The van der Waals surface area contributed by atoms with Gasteiger partial charge in [0.2, 0.25) is 0 Å². The number of hydrogen-bond donors (Lipinski definition) is 3. The average molecular weight is 313 g/mol. The van der Waals surface area contributed by atoms with Crippen molar-refractivity contribution in [2.45, 2.75) is 31.2 Å². The lowest BCUT2D eigenvalue weighted by Gasteiger charge is -2.28. The van der Waals surface area contributed by atoms with Crippen LogP contribution in [0.15, 0.2) is 22.7 Å². The van der Waals surface area contributed by atoms with Gasteiger partial charge in [0.05, 0.1) is 17.7 Å². The van der Waals surface area contributed by atoms with Gasteiger partial charge in [0.1, 0.15) is 0 Å². The molecule has 5 heteroatoms. The van der Waals surface area contributed by atoms with E-state index in [0.717, 1.165) is 30.2 Å². The first-order valence-corrected chi connectivity index (χ1v) is 6.84. The van der Waals surface area contributed by atoms with E-state index in [2.05, 4.69) is 21.2 Å². The molecule has 0 unspecified atom stereocenters. The number of nitrogens with one attached hydrogen (secondary N) is 1. The Morgan fingerprint density at radius 2 is 2.11 bits per heavy atom. The number of rotatable bonds is 3. The van der Waals surface area contributed by atoms with E-state index in [-0.39, 0.29) is 12.5 Å². The number of carbonyl (C=O) groups is 1. The lowest BCUT2D eigenvalue weighted by molar-refractivity contribution is 0.0839. The van der Waals surface area contributed by atoms with E-state index in [9.17, 15) is 9.90 Å². The molecule has 1 saturated carbocycles. The van der Waals surface area contributed by atoms with Gasteiger partial charge in [-0.2, -0.15) is 0 Å². The van der Waals surface area contributed by atoms with Crippen LogP contribution in [0, 0.1) is 0 Å². The lowest BCUT2D eigenvalue weighted by Crippen LogP contribution is -2.49. The summed E-state index contributed by atoms with van der Waals surface area (Å²) in [7, 11) is 0. The van der Waals surface area contributed by atoms with E-state index in [1.807, 2.05) is 0 Å². The van der Waals surface area contributed by atoms with Crippen molar-refractivity contribution in [2.24, 2.45) is 0 Å². The van der Waals surface area contributed by atoms with Crippen molar-refractivity contribution in [1.29, 1.82) is 0 Å². The highest BCUT2D eigenvalue weighted by Crippen LogP contribution is 2.30. The maximum Gasteiger partial charge on any atom is 0.253 e. The molecule has 1 aromatic carbocycles. The molecule has 1 aromatic rings. The van der Waals surface area contributed by atoms with Crippen LogP contribution in [-0.4, -0.2) is 23.2 Å². The molecular weight excluding hydrogens is 296 g/mol. The minimum Gasteiger partial charge on any atom is -0.398 e. The summed E-state index contributed by atoms with van der Waals surface area (Å²) in [6.07, 6.45) is 3.72. The predicted molar refractivity (Wildman–Crippen MR) is 74.3 cm³/mol. The maximum atomic E-state index is 12.2. The highest BCUT2D eigenvalue weighted by Gasteiger charge is 2.35. The van der Waals surface area contributed by atoms with E-state index in [1.54, 1.807) is 18.2 Å². The van der Waals surface area contributed by atoms with Gasteiger partial charge in [0.25, 0.3) is 5.91 Å². The highest BCUT2D eigenvalue weighted by molar-refractivity contribution is 9.10. The molecule has 1 aliphatic rings. The minimum absolute atomic E-state index is 0.0212. The summed E-state index contributed by atoms with van der Waals surface area (Å²) < 4.78 is 0.811. The molecule has 0 radical (unpaired) electrons. The van der Waals surface area contributed by atoms with Crippen LogP contribution in [0.4, 0.5) is 5.69 Å². The third kappa shape index (κ3) is 2.67. The van der Waals surface area contributed by atoms with Crippen LogP contribution in [0.5, 0.6) is 0 Å². The van der Waals surface area contributed by atoms with Crippen molar-refractivity contribution in [1.82, 2.24) is 5.32 Å². The van der Waals surface area contributed by atoms with E-state index in [4.69, 9.17) is 5.73 Å². The van der Waals surface area contributed by atoms with Crippen LogP contribution in [0.25, 0.3) is 0 Å². The number of nitrogen functional groups attached to an aromatic ring is 1. The summed E-state index contributed by atoms with van der Waals surface area (Å²) in [5.74, 6) is -0.218. The second-order valence-corrected chi connectivity index (χ2v) is 5.75. The molecule has 4 nitrogen and oxygen atoms in total. The Bertz CT molecular complexity index is 456. The van der Waals surface area contributed by atoms with Gasteiger partial charge in [-0.05, 0) is 31.0 Å². The molecule has 0 saturated heterocycles. The van der Waals surface area contributed by atoms with Crippen molar-refractivity contribution in [3.63, 3.8) is 0 Å². The monoisotopic (exact) mass is 312 g/mol. The third-order valence-corrected chi connectivity index (χ3v) is 4.00. The SMILES string of the molecule is Nc1ccc(Br)cc1C(=O)NC1(CO)CCCC1. The first kappa shape index (κ1) is 13.4. The van der Waals surface area contributed by atoms with Crippen molar-refractivity contribution in [3.8, 4) is 0 Å². The minimum atomic E-state index is -0.466. The molecule has 0 bridgehead atoms. The predicted octanol–water partition coefficient (Wildman–Crippen LogP) is 2.07. The van der Waals surface area contributed by atoms with Crippen molar-refractivity contribution in [3.05, 3.63) is 28.2 Å². The van der Waals surface area contributed by atoms with Crippen LogP contribution in [-0.2, 0) is 0 Å². The van der Waals surface area contributed by atoms with Gasteiger partial charge in [0, 0.05) is 10.2 Å². The zero-order valence-corrected chi connectivity index (χ0v) is 11.7. The molecule has 1 amide bonds. The smallest absolute Gasteiger partial charge is 0.253 e. The Morgan fingerprint density at radius 3 is 2.72 bits per heavy atom. The van der Waals surface area contributed by atoms with Gasteiger partial charge in [0.15, 0.2) is 0 Å². The fraction of sp³-hybridized carbons (Fsp3) is 0.462. The van der Waals surface area contributed by atoms with Gasteiger partial charge in [-0.15, -0.1) is 0 Å². The number of anilines is 1. The van der Waals surface area contributed by atoms with Crippen molar-refractivity contribution >= 4 is 27.5 Å². The third-order valence-electron chi connectivity index (χ3n) is 3.50. The molecule has 1 fully saturated rings. The molecule has 0 heterocycles. The Hall–Kier alpha value is -1.07. The number of benzene rings is 1. The maximum absolute atomic E-state index is 12.2. The van der Waals surface area contributed by atoms with Crippen LogP contribution in [0.3, 0.4) is 0 Å². The van der Waals surface area contributed by atoms with Gasteiger partial charge >= 0.3 is 0 Å². The van der Waals surface area contributed by atoms with Crippen LogP contribution >= 0.6 is 15.9 Å². The number of amides is 1. The number of aliphatic hydroxyl groups excluding tert-OH is 1. The average Bonchev–Trinajstić information content (AvgIpc) is 2.81. The number of aliphatic hydroxyl groups is 1. The van der Waals surface area contributed by atoms with Gasteiger partial charge < -0.3 is 16.2 Å². The summed E-state index contributed by atoms with van der Waals surface area (Å²) >= 11 is 3.32. The summed E-state index contributed by atoms with van der Waals surface area (Å²) in [5, 5.41) is 12.4. The summed E-state index contributed by atoms with van der Waals surface area (Å²) in [6.45, 7) is -0.0212. The first-order valence-electron chi connectivity index (χ1n) is 6.05.